The molecule has 0 unspecified atom stereocenters. The van der Waals surface area contributed by atoms with Gasteiger partial charge < -0.3 is 29.1 Å². The minimum Gasteiger partial charge on any atom is -0.454 e. The van der Waals surface area contributed by atoms with Gasteiger partial charge in [-0.15, -0.1) is 0 Å². The third-order valence-electron chi connectivity index (χ3n) is 15.4. The summed E-state index contributed by atoms with van der Waals surface area (Å²) in [5.74, 6) is 3.77. The van der Waals surface area contributed by atoms with Gasteiger partial charge in [0, 0.05) is 97.3 Å². The molecular weight excluding hydrogens is 1260 g/mol. The second-order valence-electron chi connectivity index (χ2n) is 22.3. The number of piperazine rings is 1. The van der Waals surface area contributed by atoms with Crippen molar-refractivity contribution < 1.29 is 47.8 Å². The molecule has 93 heavy (non-hydrogen) atoms. The SMILES string of the molecule is CN(CCc1ccccc1)c1nccc(C=C2SC(=O)CC2=O)n1.O=C1CC(=O)C(=Cc2ccnc(N3CCCC3)n2)S1.O=C1CC(=O)C(=Cc2ccnc(N3CCCCC3)n2)S1.O=C1CC(=O)C(=Cc2ccnc(N3CCN(Cc4ccc5c(c4)OCO5)CC3)n2)S1. The number of hydrogen-bond acceptors (Lipinski definition) is 27. The molecule has 0 spiro atoms. The summed E-state index contributed by atoms with van der Waals surface area (Å²) in [5.41, 5.74) is 5.11. The number of aromatic nitrogens is 8. The first-order valence-corrected chi connectivity index (χ1v) is 33.7. The third kappa shape index (κ3) is 18.5. The largest absolute Gasteiger partial charge is 0.454 e. The number of carbonyl (C=O) groups is 8. The van der Waals surface area contributed by atoms with Gasteiger partial charge in [0.15, 0.2) is 34.6 Å². The van der Waals surface area contributed by atoms with E-state index in [9.17, 15) is 38.4 Å². The standard InChI is InChI=1S/C21H20N4O4S.C18H17N3O2S.C14H15N3O2S.C13H13N3O2S/c26-16-11-20(27)30-19(16)10-15-3-4-22-21(23-15)25-7-5-24(6-8-25)12-14-1-2-17-18(9-14)29-13-28-17;1-21(10-8-13-5-3-2-4-6-13)18-19-9-7-14(20-18)11-16-15(22)12-17(23)24-16;18-11-9-13(19)20-12(11)8-10-4-5-15-14(16-10)17-6-2-1-3-7-17;17-10-8-12(18)19-11(10)7-9-3-4-14-13(15-9)16-5-1-2-6-16/h1-4,9-10H,5-8,11-13H2;2-7,9,11H,8,10,12H2,1H3;4-5,8H,1-3,6-7,9H2;3-4,7H,1-2,5-6,8H2. The summed E-state index contributed by atoms with van der Waals surface area (Å²) in [6.45, 7) is 9.26. The lowest BCUT2D eigenvalue weighted by molar-refractivity contribution is -0.120. The Morgan fingerprint density at radius 2 is 0.849 bits per heavy atom. The summed E-state index contributed by atoms with van der Waals surface area (Å²) in [6, 6.07) is 23.3. The molecule has 8 aliphatic rings. The van der Waals surface area contributed by atoms with E-state index < -0.39 is 0 Å². The molecule has 23 nitrogen and oxygen atoms in total. The van der Waals surface area contributed by atoms with Crippen LogP contribution in [-0.2, 0) is 51.3 Å². The molecule has 0 bridgehead atoms. The van der Waals surface area contributed by atoms with E-state index in [2.05, 4.69) is 77.7 Å². The van der Waals surface area contributed by atoms with Crippen LogP contribution in [-0.4, -0.2) is 161 Å². The predicted octanol–water partition coefficient (Wildman–Crippen LogP) is 8.52. The van der Waals surface area contributed by atoms with Crippen LogP contribution in [0.3, 0.4) is 0 Å². The van der Waals surface area contributed by atoms with E-state index >= 15 is 0 Å². The molecule has 478 valence electrons. The molecule has 2 aromatic carbocycles. The molecule has 12 heterocycles. The summed E-state index contributed by atoms with van der Waals surface area (Å²) < 4.78 is 10.8. The Morgan fingerprint density at radius 3 is 1.29 bits per heavy atom. The number of allylic oxidation sites excluding steroid dienone is 4. The molecule has 6 aromatic rings. The lowest BCUT2D eigenvalue weighted by atomic mass is 10.1. The lowest BCUT2D eigenvalue weighted by Crippen LogP contribution is -2.46. The van der Waals surface area contributed by atoms with Crippen LogP contribution in [0.2, 0.25) is 0 Å². The van der Waals surface area contributed by atoms with Gasteiger partial charge in [0.25, 0.3) is 0 Å². The van der Waals surface area contributed by atoms with Gasteiger partial charge in [0.1, 0.15) is 0 Å². The van der Waals surface area contributed by atoms with Crippen molar-refractivity contribution in [3.8, 4) is 11.5 Å². The number of nitrogens with zero attached hydrogens (tertiary/aromatic N) is 13. The lowest BCUT2D eigenvalue weighted by Gasteiger charge is -2.34. The number of rotatable bonds is 13. The highest BCUT2D eigenvalue weighted by atomic mass is 32.2. The van der Waals surface area contributed by atoms with Gasteiger partial charge >= 0.3 is 0 Å². The summed E-state index contributed by atoms with van der Waals surface area (Å²) in [5, 5.41) is -0.406. The molecule has 0 N–H and O–H groups in total. The van der Waals surface area contributed by atoms with E-state index in [0.717, 1.165) is 156 Å². The number of hydrogen-bond donors (Lipinski definition) is 0. The summed E-state index contributed by atoms with van der Waals surface area (Å²) in [4.78, 5) is 140. The second kappa shape index (κ2) is 31.7. The summed E-state index contributed by atoms with van der Waals surface area (Å²) in [7, 11) is 1.94. The number of ketones is 4. The quantitative estimate of drug-likeness (QED) is 0.0773. The number of ether oxygens (including phenoxy) is 2. The molecular formula is C66H65N13O10S4. The highest BCUT2D eigenvalue weighted by Gasteiger charge is 2.30. The number of piperidine rings is 1. The average Bonchev–Trinajstić information content (AvgIpc) is 2.48. The van der Waals surface area contributed by atoms with Gasteiger partial charge in [0.05, 0.1) is 68.1 Å². The Hall–Kier alpha value is -8.76. The highest BCUT2D eigenvalue weighted by Crippen LogP contribution is 2.36. The number of benzene rings is 2. The van der Waals surface area contributed by atoms with Crippen molar-refractivity contribution >= 4 is 139 Å². The number of likely N-dealkylation sites (N-methyl/N-ethyl adjacent to an activating group) is 1. The van der Waals surface area contributed by atoms with Crippen LogP contribution in [0.25, 0.3) is 24.3 Å². The smallest absolute Gasteiger partial charge is 0.231 e. The summed E-state index contributed by atoms with van der Waals surface area (Å²) >= 11 is 4.00. The maximum absolute atomic E-state index is 11.8. The fourth-order valence-corrected chi connectivity index (χ4v) is 13.8. The van der Waals surface area contributed by atoms with Crippen LogP contribution in [0.4, 0.5) is 23.8 Å². The fraction of sp³-hybridized carbons (Fsp3) is 0.333. The minimum absolute atomic E-state index is 0.000561. The molecule has 0 amide bonds. The van der Waals surface area contributed by atoms with E-state index in [1.54, 1.807) is 73.4 Å². The van der Waals surface area contributed by atoms with Gasteiger partial charge in [-0.3, -0.25) is 43.3 Å². The molecule has 7 saturated heterocycles. The molecule has 0 saturated carbocycles. The number of Topliss-reactive ketones (excluding diaryl/α,β-unsaturated/α-hetero) is 4. The van der Waals surface area contributed by atoms with Gasteiger partial charge in [-0.05, 0) is 157 Å². The molecule has 8 aliphatic heterocycles. The van der Waals surface area contributed by atoms with Crippen molar-refractivity contribution in [1.29, 1.82) is 0 Å². The number of carbonyl (C=O) groups excluding carboxylic acids is 8. The van der Waals surface area contributed by atoms with Crippen LogP contribution in [0, 0.1) is 0 Å². The number of thioether (sulfide) groups is 4. The van der Waals surface area contributed by atoms with Crippen molar-refractivity contribution in [3.63, 3.8) is 0 Å². The molecule has 27 heteroatoms. The second-order valence-corrected chi connectivity index (χ2v) is 26.7. The van der Waals surface area contributed by atoms with Crippen LogP contribution in [0.1, 0.15) is 91.7 Å². The van der Waals surface area contributed by atoms with Crippen molar-refractivity contribution in [1.82, 2.24) is 44.8 Å². The molecule has 0 atom stereocenters. The first-order chi connectivity index (χ1) is 45.2. The molecule has 4 aromatic heterocycles. The summed E-state index contributed by atoms with van der Waals surface area (Å²) in [6.07, 6.45) is 20.2. The third-order valence-corrected chi connectivity index (χ3v) is 19.2. The van der Waals surface area contributed by atoms with Crippen LogP contribution in [0.5, 0.6) is 11.5 Å². The van der Waals surface area contributed by atoms with Gasteiger partial charge in [-0.25, -0.2) is 39.9 Å². The maximum atomic E-state index is 11.8. The Labute approximate surface area is 553 Å². The van der Waals surface area contributed by atoms with Crippen LogP contribution >= 0.6 is 47.0 Å². The zero-order chi connectivity index (χ0) is 64.6. The highest BCUT2D eigenvalue weighted by molar-refractivity contribution is 8.19. The number of anilines is 4. The van der Waals surface area contributed by atoms with Crippen molar-refractivity contribution in [3.05, 3.63) is 151 Å². The van der Waals surface area contributed by atoms with Crippen molar-refractivity contribution in [2.45, 2.75) is 70.8 Å². The normalized spacial score (nSPS) is 19.8. The van der Waals surface area contributed by atoms with Crippen LogP contribution < -0.4 is 29.1 Å². The molecule has 0 radical (unpaired) electrons. The Balaban J connectivity index is 0.000000129. The zero-order valence-electron chi connectivity index (χ0n) is 50.9. The van der Waals surface area contributed by atoms with Crippen molar-refractivity contribution in [2.24, 2.45) is 0 Å². The van der Waals surface area contributed by atoms with Crippen molar-refractivity contribution in [2.75, 3.05) is 92.3 Å². The first kappa shape index (κ1) is 65.7. The van der Waals surface area contributed by atoms with Crippen LogP contribution in [0.15, 0.2) is 117 Å². The number of fused-ring (bicyclic) bond motifs is 1. The average molecular weight is 1330 g/mol. The maximum Gasteiger partial charge on any atom is 0.231 e. The van der Waals surface area contributed by atoms with E-state index in [0.29, 0.717) is 66.2 Å². The molecule has 14 rings (SSSR count). The van der Waals surface area contributed by atoms with Gasteiger partial charge in [0.2, 0.25) is 51.0 Å². The first-order valence-electron chi connectivity index (χ1n) is 30.5. The minimum atomic E-state index is -0.137. The fourth-order valence-electron chi connectivity index (χ4n) is 10.6. The predicted molar refractivity (Wildman–Crippen MR) is 360 cm³/mol. The molecule has 7 fully saturated rings. The van der Waals surface area contributed by atoms with E-state index in [4.69, 9.17) is 9.47 Å². The topological polar surface area (TPSA) is 274 Å². The molecule has 0 aliphatic carbocycles. The monoisotopic (exact) mass is 1330 g/mol. The Bertz CT molecular complexity index is 3960. The van der Waals surface area contributed by atoms with Gasteiger partial charge in [-0.1, -0.05) is 36.4 Å². The zero-order valence-corrected chi connectivity index (χ0v) is 54.2. The Morgan fingerprint density at radius 1 is 0.441 bits per heavy atom. The Kier molecular flexibility index (Phi) is 22.4. The van der Waals surface area contributed by atoms with E-state index in [1.165, 1.54) is 17.5 Å². The van der Waals surface area contributed by atoms with Gasteiger partial charge in [-0.2, -0.15) is 0 Å². The van der Waals surface area contributed by atoms with E-state index in [-0.39, 0.29) is 76.1 Å². The van der Waals surface area contributed by atoms with E-state index in [1.807, 2.05) is 42.3 Å².